The summed E-state index contributed by atoms with van der Waals surface area (Å²) in [5.74, 6) is -0.467. The Balaban J connectivity index is 1.93. The number of nitrogens with zero attached hydrogens (tertiary/aromatic N) is 3. The molecule has 1 fully saturated rings. The molecule has 140 valence electrons. The molecule has 1 saturated heterocycles. The average Bonchev–Trinajstić information content (AvgIpc) is 2.62. The molecule has 3 rings (SSSR count). The monoisotopic (exact) mass is 390 g/mol. The van der Waals surface area contributed by atoms with E-state index in [4.69, 9.17) is 16.3 Å². The van der Waals surface area contributed by atoms with E-state index in [1.54, 1.807) is 0 Å². The first-order valence-electron chi connectivity index (χ1n) is 7.92. The molecule has 0 aliphatic carbocycles. The fraction of sp³-hybridized carbons (Fsp3) is 0.438. The Morgan fingerprint density at radius 2 is 1.92 bits per heavy atom. The lowest BCUT2D eigenvalue weighted by Gasteiger charge is -2.22. The van der Waals surface area contributed by atoms with E-state index in [0.29, 0.717) is 25.7 Å². The van der Waals surface area contributed by atoms with Crippen LogP contribution in [0.5, 0.6) is 0 Å². The zero-order valence-corrected chi connectivity index (χ0v) is 14.2. The Morgan fingerprint density at radius 3 is 2.62 bits per heavy atom. The molecule has 3 heterocycles. The van der Waals surface area contributed by atoms with Crippen molar-refractivity contribution in [3.05, 3.63) is 35.1 Å². The largest absolute Gasteiger partial charge is 0.435 e. The Labute approximate surface area is 151 Å². The lowest BCUT2D eigenvalue weighted by atomic mass is 10.0. The van der Waals surface area contributed by atoms with Crippen molar-refractivity contribution in [1.82, 2.24) is 15.0 Å². The van der Waals surface area contributed by atoms with Crippen molar-refractivity contribution in [2.24, 2.45) is 5.92 Å². The van der Waals surface area contributed by atoms with Crippen molar-refractivity contribution >= 4 is 17.4 Å². The second-order valence-corrected chi connectivity index (χ2v) is 6.28. The predicted molar refractivity (Wildman–Crippen MR) is 87.3 cm³/mol. The van der Waals surface area contributed by atoms with E-state index in [1.807, 2.05) is 0 Å². The van der Waals surface area contributed by atoms with Gasteiger partial charge in [0.25, 0.3) is 0 Å². The van der Waals surface area contributed by atoms with E-state index in [9.17, 15) is 17.6 Å². The number of pyridine rings is 1. The van der Waals surface area contributed by atoms with Crippen molar-refractivity contribution in [3.63, 3.8) is 0 Å². The lowest BCUT2D eigenvalue weighted by Crippen LogP contribution is -2.23. The van der Waals surface area contributed by atoms with Gasteiger partial charge in [-0.25, -0.2) is 15.0 Å². The molecular formula is C16H15ClF4N4O. The predicted octanol–water partition coefficient (Wildman–Crippen LogP) is 4.19. The van der Waals surface area contributed by atoms with Gasteiger partial charge < -0.3 is 10.1 Å². The molecule has 0 bridgehead atoms. The molecule has 1 N–H and O–H groups in total. The number of ether oxygens (including phenoxy) is 1. The van der Waals surface area contributed by atoms with Crippen LogP contribution < -0.4 is 5.32 Å². The van der Waals surface area contributed by atoms with E-state index >= 15 is 0 Å². The van der Waals surface area contributed by atoms with Crippen LogP contribution in [0, 0.1) is 11.9 Å². The number of aromatic nitrogens is 3. The van der Waals surface area contributed by atoms with Gasteiger partial charge in [-0.1, -0.05) is 11.6 Å². The minimum Gasteiger partial charge on any atom is -0.381 e. The second kappa shape index (κ2) is 7.71. The highest BCUT2D eigenvalue weighted by atomic mass is 35.5. The summed E-state index contributed by atoms with van der Waals surface area (Å²) in [6.45, 7) is 1.84. The minimum absolute atomic E-state index is 0.146. The summed E-state index contributed by atoms with van der Waals surface area (Å²) in [5, 5.41) is 2.84. The van der Waals surface area contributed by atoms with Crippen molar-refractivity contribution in [3.8, 4) is 11.3 Å². The molecule has 1 aliphatic rings. The van der Waals surface area contributed by atoms with E-state index in [-0.39, 0.29) is 16.4 Å². The molecule has 5 nitrogen and oxygen atoms in total. The first-order chi connectivity index (χ1) is 12.3. The third kappa shape index (κ3) is 4.39. The van der Waals surface area contributed by atoms with Crippen molar-refractivity contribution in [2.75, 3.05) is 25.1 Å². The smallest absolute Gasteiger partial charge is 0.381 e. The SMILES string of the molecule is Fc1cc(-c2nc(NCC3CCOCC3)cnc2C(F)(F)F)c(Cl)cn1. The van der Waals surface area contributed by atoms with Crippen LogP contribution in [-0.2, 0) is 10.9 Å². The number of halogens is 5. The highest BCUT2D eigenvalue weighted by Gasteiger charge is 2.37. The number of hydrogen-bond acceptors (Lipinski definition) is 5. The summed E-state index contributed by atoms with van der Waals surface area (Å²) in [7, 11) is 0. The van der Waals surface area contributed by atoms with Gasteiger partial charge in [0.2, 0.25) is 5.95 Å². The molecule has 2 aromatic heterocycles. The maximum Gasteiger partial charge on any atom is 0.435 e. The van der Waals surface area contributed by atoms with Gasteiger partial charge in [-0.2, -0.15) is 17.6 Å². The molecule has 0 atom stereocenters. The van der Waals surface area contributed by atoms with Gasteiger partial charge in [0.05, 0.1) is 11.2 Å². The third-order valence-corrected chi connectivity index (χ3v) is 4.33. The molecule has 26 heavy (non-hydrogen) atoms. The highest BCUT2D eigenvalue weighted by Crippen LogP contribution is 2.37. The number of anilines is 1. The summed E-state index contributed by atoms with van der Waals surface area (Å²) in [6.07, 6.45) is -1.09. The van der Waals surface area contributed by atoms with Gasteiger partial charge in [0, 0.05) is 37.6 Å². The van der Waals surface area contributed by atoms with E-state index < -0.39 is 23.5 Å². The van der Waals surface area contributed by atoms with Gasteiger partial charge in [0.15, 0.2) is 5.69 Å². The number of nitrogens with one attached hydrogen (secondary N) is 1. The molecule has 0 radical (unpaired) electrons. The van der Waals surface area contributed by atoms with Crippen LogP contribution in [0.4, 0.5) is 23.4 Å². The van der Waals surface area contributed by atoms with Crippen LogP contribution >= 0.6 is 11.6 Å². The van der Waals surface area contributed by atoms with Crippen LogP contribution in [0.25, 0.3) is 11.3 Å². The normalized spacial score (nSPS) is 15.9. The van der Waals surface area contributed by atoms with Gasteiger partial charge >= 0.3 is 6.18 Å². The van der Waals surface area contributed by atoms with Crippen LogP contribution in [0.15, 0.2) is 18.5 Å². The average molecular weight is 391 g/mol. The van der Waals surface area contributed by atoms with Crippen molar-refractivity contribution in [2.45, 2.75) is 19.0 Å². The fourth-order valence-electron chi connectivity index (χ4n) is 2.66. The lowest BCUT2D eigenvalue weighted by molar-refractivity contribution is -0.140. The molecule has 2 aromatic rings. The van der Waals surface area contributed by atoms with Crippen molar-refractivity contribution < 1.29 is 22.3 Å². The van der Waals surface area contributed by atoms with Gasteiger partial charge in [0.1, 0.15) is 11.5 Å². The van der Waals surface area contributed by atoms with Crippen LogP contribution in [0.1, 0.15) is 18.5 Å². The van der Waals surface area contributed by atoms with E-state index in [2.05, 4.69) is 20.3 Å². The zero-order valence-electron chi connectivity index (χ0n) is 13.5. The number of rotatable bonds is 4. The molecule has 10 heteroatoms. The Kier molecular flexibility index (Phi) is 5.57. The molecule has 0 aromatic carbocycles. The Morgan fingerprint density at radius 1 is 1.19 bits per heavy atom. The fourth-order valence-corrected chi connectivity index (χ4v) is 2.86. The highest BCUT2D eigenvalue weighted by molar-refractivity contribution is 6.33. The third-order valence-electron chi connectivity index (χ3n) is 4.03. The minimum atomic E-state index is -4.76. The summed E-state index contributed by atoms with van der Waals surface area (Å²) >= 11 is 5.91. The summed E-state index contributed by atoms with van der Waals surface area (Å²) < 4.78 is 58.6. The molecule has 0 amide bonds. The standard InChI is InChI=1S/C16H15ClF4N4O/c17-11-7-22-12(18)5-10(11)14-15(16(19,20)21)24-8-13(25-14)23-6-9-1-3-26-4-2-9/h5,7-9H,1-4,6H2,(H,23,25). The second-order valence-electron chi connectivity index (χ2n) is 5.87. The molecule has 1 aliphatic heterocycles. The topological polar surface area (TPSA) is 59.9 Å². The molecular weight excluding hydrogens is 376 g/mol. The van der Waals surface area contributed by atoms with Gasteiger partial charge in [-0.05, 0) is 18.8 Å². The molecule has 0 unspecified atom stereocenters. The van der Waals surface area contributed by atoms with Crippen LogP contribution in [0.2, 0.25) is 5.02 Å². The number of alkyl halides is 3. The zero-order chi connectivity index (χ0) is 18.7. The quantitative estimate of drug-likeness (QED) is 0.626. The first kappa shape index (κ1) is 18.8. The Hall–Kier alpha value is -2.00. The van der Waals surface area contributed by atoms with Gasteiger partial charge in [-0.3, -0.25) is 0 Å². The van der Waals surface area contributed by atoms with E-state index in [0.717, 1.165) is 31.3 Å². The maximum atomic E-state index is 13.4. The number of hydrogen-bond donors (Lipinski definition) is 1. The first-order valence-corrected chi connectivity index (χ1v) is 8.29. The summed E-state index contributed by atoms with van der Waals surface area (Å²) in [4.78, 5) is 10.8. The Bertz CT molecular complexity index is 781. The summed E-state index contributed by atoms with van der Waals surface area (Å²) in [5.41, 5.74) is -1.99. The molecule has 0 saturated carbocycles. The van der Waals surface area contributed by atoms with Crippen LogP contribution in [0.3, 0.4) is 0 Å². The summed E-state index contributed by atoms with van der Waals surface area (Å²) in [6, 6.07) is 0.809. The maximum absolute atomic E-state index is 13.4. The van der Waals surface area contributed by atoms with Crippen LogP contribution in [-0.4, -0.2) is 34.7 Å². The van der Waals surface area contributed by atoms with E-state index in [1.165, 1.54) is 0 Å². The van der Waals surface area contributed by atoms with Crippen molar-refractivity contribution in [1.29, 1.82) is 0 Å². The van der Waals surface area contributed by atoms with Gasteiger partial charge in [-0.15, -0.1) is 0 Å². The molecule has 0 spiro atoms.